The third-order valence-corrected chi connectivity index (χ3v) is 6.74. The van der Waals surface area contributed by atoms with Gasteiger partial charge in [0.15, 0.2) is 5.78 Å². The summed E-state index contributed by atoms with van der Waals surface area (Å²) in [6.07, 6.45) is 6.39. The molecule has 0 aliphatic heterocycles. The first kappa shape index (κ1) is 26.3. The second-order valence-electron chi connectivity index (χ2n) is 9.06. The molecule has 1 heterocycles. The number of aryl methyl sites for hydroxylation is 2. The maximum atomic E-state index is 13.3. The predicted molar refractivity (Wildman–Crippen MR) is 138 cm³/mol. The van der Waals surface area contributed by atoms with Crippen molar-refractivity contribution in [1.29, 1.82) is 0 Å². The Morgan fingerprint density at radius 1 is 0.971 bits per heavy atom. The highest BCUT2D eigenvalue weighted by Crippen LogP contribution is 2.31. The van der Waals surface area contributed by atoms with Crippen molar-refractivity contribution >= 4 is 45.8 Å². The van der Waals surface area contributed by atoms with Gasteiger partial charge in [0.05, 0.1) is 0 Å². The average molecular weight is 503 g/mol. The molecule has 7 heteroatoms. The zero-order valence-corrected chi connectivity index (χ0v) is 21.3. The molecule has 2 aromatic carbocycles. The van der Waals surface area contributed by atoms with Gasteiger partial charge in [-0.3, -0.25) is 14.8 Å². The lowest BCUT2D eigenvalue weighted by molar-refractivity contribution is -0.130. The molecule has 0 unspecified atom stereocenters. The van der Waals surface area contributed by atoms with Crippen LogP contribution in [0.15, 0.2) is 42.5 Å². The number of Topliss-reactive ketones (excluding diaryl/α,β-unsaturated/α-hetero) is 1. The number of unbranched alkanes of at least 4 members (excludes halogenated alkanes) is 3. The van der Waals surface area contributed by atoms with Crippen LogP contribution >= 0.6 is 23.2 Å². The molecule has 5 nitrogen and oxygen atoms in total. The van der Waals surface area contributed by atoms with E-state index in [2.05, 4.69) is 10.6 Å². The number of rotatable bonds is 12. The van der Waals surface area contributed by atoms with Crippen LogP contribution < -0.4 is 5.48 Å². The number of aromatic nitrogens is 1. The van der Waals surface area contributed by atoms with Gasteiger partial charge in [0.2, 0.25) is 5.91 Å². The van der Waals surface area contributed by atoms with Crippen molar-refractivity contribution in [3.8, 4) is 0 Å². The molecule has 182 valence electrons. The topological polar surface area (TPSA) is 71.3 Å². The van der Waals surface area contributed by atoms with Crippen LogP contribution in [0.3, 0.4) is 0 Å². The SMILES string of the molecule is C[C@H](CC(=O)NO)CC(=O)c1c(CCCCCCc2cccc(Cl)c2)n(C)c2ccc(Cl)cc12. The Kier molecular flexibility index (Phi) is 9.57. The minimum atomic E-state index is -0.487. The summed E-state index contributed by atoms with van der Waals surface area (Å²) in [5.74, 6) is -0.672. The van der Waals surface area contributed by atoms with E-state index in [0.717, 1.165) is 60.1 Å². The van der Waals surface area contributed by atoms with Gasteiger partial charge in [-0.15, -0.1) is 0 Å². The molecule has 0 fully saturated rings. The molecule has 1 atom stereocenters. The number of carbonyl (C=O) groups is 2. The minimum Gasteiger partial charge on any atom is -0.347 e. The summed E-state index contributed by atoms with van der Waals surface area (Å²) in [4.78, 5) is 24.8. The number of ketones is 1. The normalized spacial score (nSPS) is 12.1. The summed E-state index contributed by atoms with van der Waals surface area (Å²) < 4.78 is 2.09. The molecule has 3 aromatic rings. The fourth-order valence-corrected chi connectivity index (χ4v) is 4.98. The monoisotopic (exact) mass is 502 g/mol. The van der Waals surface area contributed by atoms with Gasteiger partial charge in [0.1, 0.15) is 0 Å². The van der Waals surface area contributed by atoms with Gasteiger partial charge in [-0.1, -0.05) is 55.1 Å². The maximum Gasteiger partial charge on any atom is 0.243 e. The van der Waals surface area contributed by atoms with Crippen LogP contribution in [-0.4, -0.2) is 21.5 Å². The molecule has 0 spiro atoms. The first-order valence-electron chi connectivity index (χ1n) is 11.8. The Labute approximate surface area is 211 Å². The van der Waals surface area contributed by atoms with Crippen molar-refractivity contribution < 1.29 is 14.8 Å². The number of fused-ring (bicyclic) bond motifs is 1. The summed E-state index contributed by atoms with van der Waals surface area (Å²) in [7, 11) is 1.99. The molecule has 0 bridgehead atoms. The second-order valence-corrected chi connectivity index (χ2v) is 9.93. The highest BCUT2D eigenvalue weighted by Gasteiger charge is 2.23. The molecule has 1 amide bonds. The molecule has 2 N–H and O–H groups in total. The molecular formula is C27H32Cl2N2O3. The number of carbonyl (C=O) groups excluding carboxylic acids is 2. The van der Waals surface area contributed by atoms with Crippen LogP contribution in [0.5, 0.6) is 0 Å². The van der Waals surface area contributed by atoms with Crippen molar-refractivity contribution in [3.05, 3.63) is 69.3 Å². The van der Waals surface area contributed by atoms with E-state index in [9.17, 15) is 9.59 Å². The number of hydrogen-bond acceptors (Lipinski definition) is 3. The van der Waals surface area contributed by atoms with E-state index in [1.807, 2.05) is 50.4 Å². The Morgan fingerprint density at radius 3 is 2.38 bits per heavy atom. The first-order valence-corrected chi connectivity index (χ1v) is 12.5. The Balaban J connectivity index is 1.67. The third-order valence-electron chi connectivity index (χ3n) is 6.27. The van der Waals surface area contributed by atoms with Gasteiger partial charge in [-0.05, 0) is 67.5 Å². The number of halogens is 2. The van der Waals surface area contributed by atoms with E-state index < -0.39 is 5.91 Å². The van der Waals surface area contributed by atoms with E-state index in [4.69, 9.17) is 28.4 Å². The molecule has 34 heavy (non-hydrogen) atoms. The number of hydroxylamine groups is 1. The third kappa shape index (κ3) is 6.84. The smallest absolute Gasteiger partial charge is 0.243 e. The molecule has 0 radical (unpaired) electrons. The van der Waals surface area contributed by atoms with E-state index in [-0.39, 0.29) is 24.5 Å². The lowest BCUT2D eigenvalue weighted by Crippen LogP contribution is -2.22. The van der Waals surface area contributed by atoms with Crippen molar-refractivity contribution in [2.24, 2.45) is 13.0 Å². The van der Waals surface area contributed by atoms with Gasteiger partial charge >= 0.3 is 0 Å². The zero-order valence-electron chi connectivity index (χ0n) is 19.7. The second kappa shape index (κ2) is 12.4. The van der Waals surface area contributed by atoms with Crippen LogP contribution in [0.25, 0.3) is 10.9 Å². The fourth-order valence-electron chi connectivity index (χ4n) is 4.59. The van der Waals surface area contributed by atoms with Gasteiger partial charge in [0.25, 0.3) is 0 Å². The Hall–Kier alpha value is -2.34. The number of amides is 1. The van der Waals surface area contributed by atoms with Crippen LogP contribution in [0.1, 0.15) is 67.1 Å². The van der Waals surface area contributed by atoms with Gasteiger partial charge < -0.3 is 4.57 Å². The molecule has 0 aliphatic rings. The quantitative estimate of drug-likeness (QED) is 0.122. The van der Waals surface area contributed by atoms with E-state index >= 15 is 0 Å². The Morgan fingerprint density at radius 2 is 1.68 bits per heavy atom. The zero-order chi connectivity index (χ0) is 24.7. The lowest BCUT2D eigenvalue weighted by Gasteiger charge is -2.11. The summed E-state index contributed by atoms with van der Waals surface area (Å²) in [5.41, 5.74) is 5.59. The number of hydrogen-bond donors (Lipinski definition) is 2. The standard InChI is InChI=1S/C27H32Cl2N2O3/c1-18(15-26(33)30-34)14-25(32)27-22-17-21(29)12-13-23(22)31(2)24(27)11-6-4-3-5-8-19-9-7-10-20(28)16-19/h7,9-10,12-13,16-18,34H,3-6,8,11,14-15H2,1-2H3,(H,30,33)/t18-/m0/s1. The minimum absolute atomic E-state index is 0.00191. The van der Waals surface area contributed by atoms with Crippen molar-refractivity contribution in [2.75, 3.05) is 0 Å². The summed E-state index contributed by atoms with van der Waals surface area (Å²) in [6.45, 7) is 1.84. The molecule has 0 saturated heterocycles. The number of nitrogens with zero attached hydrogens (tertiary/aromatic N) is 1. The van der Waals surface area contributed by atoms with Crippen molar-refractivity contribution in [3.63, 3.8) is 0 Å². The summed E-state index contributed by atoms with van der Waals surface area (Å²) in [5, 5.41) is 11.0. The first-order chi connectivity index (χ1) is 16.3. The van der Waals surface area contributed by atoms with Gasteiger partial charge in [0, 0.05) is 52.1 Å². The molecule has 0 aliphatic carbocycles. The van der Waals surface area contributed by atoms with Crippen LogP contribution in [0.4, 0.5) is 0 Å². The van der Waals surface area contributed by atoms with Crippen LogP contribution in [0, 0.1) is 5.92 Å². The summed E-state index contributed by atoms with van der Waals surface area (Å²) in [6, 6.07) is 13.6. The maximum absolute atomic E-state index is 13.3. The van der Waals surface area contributed by atoms with Crippen LogP contribution in [0.2, 0.25) is 10.0 Å². The fraction of sp³-hybridized carbons (Fsp3) is 0.407. The van der Waals surface area contributed by atoms with E-state index in [1.54, 1.807) is 5.48 Å². The van der Waals surface area contributed by atoms with Crippen LogP contribution in [-0.2, 0) is 24.7 Å². The van der Waals surface area contributed by atoms with E-state index in [1.165, 1.54) is 5.56 Å². The van der Waals surface area contributed by atoms with Gasteiger partial charge in [-0.25, -0.2) is 5.48 Å². The highest BCUT2D eigenvalue weighted by atomic mass is 35.5. The Bertz CT molecular complexity index is 1160. The van der Waals surface area contributed by atoms with Crippen molar-refractivity contribution in [1.82, 2.24) is 10.0 Å². The average Bonchev–Trinajstić information content (AvgIpc) is 3.06. The largest absolute Gasteiger partial charge is 0.347 e. The lowest BCUT2D eigenvalue weighted by atomic mass is 9.94. The predicted octanol–water partition coefficient (Wildman–Crippen LogP) is 6.94. The molecular weight excluding hydrogens is 471 g/mol. The van der Waals surface area contributed by atoms with Crippen molar-refractivity contribution in [2.45, 2.75) is 58.3 Å². The number of benzene rings is 2. The summed E-state index contributed by atoms with van der Waals surface area (Å²) >= 11 is 12.3. The van der Waals surface area contributed by atoms with Gasteiger partial charge in [-0.2, -0.15) is 0 Å². The molecule has 1 aromatic heterocycles. The molecule has 3 rings (SSSR count). The molecule has 0 saturated carbocycles. The van der Waals surface area contributed by atoms with E-state index in [0.29, 0.717) is 10.6 Å². The highest BCUT2D eigenvalue weighted by molar-refractivity contribution is 6.31. The number of nitrogens with one attached hydrogen (secondary N) is 1.